The van der Waals surface area contributed by atoms with Crippen molar-refractivity contribution in [1.29, 1.82) is 0 Å². The predicted octanol–water partition coefficient (Wildman–Crippen LogP) is 3.50. The van der Waals surface area contributed by atoms with Crippen LogP contribution in [0.15, 0.2) is 23.0 Å². The molecule has 2 unspecified atom stereocenters. The topological polar surface area (TPSA) is 3.24 Å². The maximum absolute atomic E-state index is 4.17. The van der Waals surface area contributed by atoms with Crippen LogP contribution in [0.2, 0.25) is 0 Å². The summed E-state index contributed by atoms with van der Waals surface area (Å²) < 4.78 is 0. The maximum Gasteiger partial charge on any atom is 0.0201 e. The van der Waals surface area contributed by atoms with Crippen molar-refractivity contribution in [3.63, 3.8) is 0 Å². The van der Waals surface area contributed by atoms with Gasteiger partial charge in [0.1, 0.15) is 0 Å². The van der Waals surface area contributed by atoms with E-state index in [0.29, 0.717) is 6.04 Å². The molecule has 91 valence electrons. The van der Waals surface area contributed by atoms with Crippen LogP contribution in [0, 0.1) is 6.92 Å². The molecule has 16 heavy (non-hydrogen) atoms. The van der Waals surface area contributed by atoms with Crippen LogP contribution in [0.3, 0.4) is 0 Å². The van der Waals surface area contributed by atoms with Gasteiger partial charge in [0.25, 0.3) is 0 Å². The summed E-state index contributed by atoms with van der Waals surface area (Å²) in [5.41, 5.74) is 0. The van der Waals surface area contributed by atoms with E-state index in [1.165, 1.54) is 32.4 Å². The van der Waals surface area contributed by atoms with Gasteiger partial charge in [-0.05, 0) is 43.2 Å². The van der Waals surface area contributed by atoms with E-state index in [0.717, 1.165) is 11.7 Å². The first-order valence-corrected chi connectivity index (χ1v) is 8.03. The smallest absolute Gasteiger partial charge is 0.0201 e. The normalized spacial score (nSPS) is 27.2. The van der Waals surface area contributed by atoms with E-state index in [4.69, 9.17) is 0 Å². The molecule has 2 heterocycles. The number of thiol groups is 1. The van der Waals surface area contributed by atoms with Crippen molar-refractivity contribution in [2.75, 3.05) is 13.1 Å². The van der Waals surface area contributed by atoms with E-state index >= 15 is 0 Å². The van der Waals surface area contributed by atoms with Crippen molar-refractivity contribution in [2.45, 2.75) is 43.9 Å². The number of nitrogens with zero attached hydrogens (tertiary/aromatic N) is 1. The fraction of sp³-hybridized carbons (Fsp3) is 0.643. The Morgan fingerprint density at radius 2 is 1.81 bits per heavy atom. The van der Waals surface area contributed by atoms with E-state index in [9.17, 15) is 0 Å². The predicted molar refractivity (Wildman–Crippen MR) is 75.9 cm³/mol. The molecule has 0 spiro atoms. The van der Waals surface area contributed by atoms with Crippen LogP contribution in [-0.2, 0) is 0 Å². The molecule has 0 saturated carbocycles. The summed E-state index contributed by atoms with van der Waals surface area (Å²) in [5, 5.41) is 5.56. The van der Waals surface area contributed by atoms with Crippen molar-refractivity contribution in [3.8, 4) is 0 Å². The monoisotopic (exact) mass is 238 g/mol. The number of piperidine rings is 1. The summed E-state index contributed by atoms with van der Waals surface area (Å²) in [6.07, 6.45) is 9.65. The molecular formula is C14H24NS. The summed E-state index contributed by atoms with van der Waals surface area (Å²) in [6.45, 7) is 9.17. The molecule has 1 nitrogen and oxygen atoms in total. The van der Waals surface area contributed by atoms with Gasteiger partial charge in [0, 0.05) is 11.3 Å². The summed E-state index contributed by atoms with van der Waals surface area (Å²) in [4.78, 5) is 2.68. The van der Waals surface area contributed by atoms with Gasteiger partial charge in [-0.25, -0.2) is 10.9 Å². The lowest BCUT2D eigenvalue weighted by Gasteiger charge is -2.40. The minimum atomic E-state index is -0.0191. The van der Waals surface area contributed by atoms with Gasteiger partial charge in [0.05, 0.1) is 0 Å². The standard InChI is InChI=1S/C14H24NS/c1-3-14(15-9-5-4-6-10-15)13(2)16-11-7-8-12-16/h7-8,11-14,16H,1,3-6,9-10H2,2H3. The zero-order valence-electron chi connectivity index (χ0n) is 10.3. The van der Waals surface area contributed by atoms with Crippen LogP contribution in [0.25, 0.3) is 0 Å². The average molecular weight is 238 g/mol. The molecular weight excluding hydrogens is 214 g/mol. The van der Waals surface area contributed by atoms with Gasteiger partial charge in [0.2, 0.25) is 0 Å². The van der Waals surface area contributed by atoms with E-state index in [2.05, 4.69) is 41.7 Å². The molecule has 0 bridgehead atoms. The zero-order valence-corrected chi connectivity index (χ0v) is 11.2. The van der Waals surface area contributed by atoms with E-state index in [1.54, 1.807) is 0 Å². The molecule has 0 aliphatic carbocycles. The van der Waals surface area contributed by atoms with Crippen LogP contribution >= 0.6 is 10.9 Å². The van der Waals surface area contributed by atoms with Crippen molar-refractivity contribution in [1.82, 2.24) is 4.90 Å². The molecule has 2 atom stereocenters. The van der Waals surface area contributed by atoms with Gasteiger partial charge in [0.15, 0.2) is 0 Å². The first kappa shape index (κ1) is 12.3. The van der Waals surface area contributed by atoms with E-state index in [1.807, 2.05) is 0 Å². The Balaban J connectivity index is 1.97. The lowest BCUT2D eigenvalue weighted by Crippen LogP contribution is -2.44. The van der Waals surface area contributed by atoms with Gasteiger partial charge in [-0.3, -0.25) is 4.90 Å². The Morgan fingerprint density at radius 3 is 2.38 bits per heavy atom. The van der Waals surface area contributed by atoms with Crippen LogP contribution < -0.4 is 0 Å². The molecule has 1 radical (unpaired) electrons. The third kappa shape index (κ3) is 2.72. The average Bonchev–Trinajstić information content (AvgIpc) is 2.85. The highest BCUT2D eigenvalue weighted by molar-refractivity contribution is 8.22. The third-order valence-electron chi connectivity index (χ3n) is 3.81. The molecule has 0 N–H and O–H groups in total. The molecule has 2 aliphatic heterocycles. The van der Waals surface area contributed by atoms with Crippen LogP contribution in [0.1, 0.15) is 32.6 Å². The third-order valence-corrected chi connectivity index (χ3v) is 6.13. The molecule has 0 aromatic rings. The highest BCUT2D eigenvalue weighted by atomic mass is 32.2. The Kier molecular flexibility index (Phi) is 4.54. The second-order valence-corrected chi connectivity index (χ2v) is 7.13. The van der Waals surface area contributed by atoms with Crippen LogP contribution in [0.5, 0.6) is 0 Å². The molecule has 1 fully saturated rings. The Hall–Kier alpha value is -0.210. The lowest BCUT2D eigenvalue weighted by molar-refractivity contribution is 0.162. The minimum Gasteiger partial charge on any atom is -0.299 e. The number of rotatable bonds is 4. The highest BCUT2D eigenvalue weighted by Crippen LogP contribution is 2.41. The highest BCUT2D eigenvalue weighted by Gasteiger charge is 2.26. The summed E-state index contributed by atoms with van der Waals surface area (Å²) in [5.74, 6) is 0. The summed E-state index contributed by atoms with van der Waals surface area (Å²) >= 11 is 0. The Morgan fingerprint density at radius 1 is 1.19 bits per heavy atom. The fourth-order valence-corrected chi connectivity index (χ4v) is 4.77. The molecule has 1 saturated heterocycles. The molecule has 2 heteroatoms. The maximum atomic E-state index is 4.17. The lowest BCUT2D eigenvalue weighted by atomic mass is 10.0. The van der Waals surface area contributed by atoms with E-state index < -0.39 is 0 Å². The van der Waals surface area contributed by atoms with Gasteiger partial charge in [-0.1, -0.05) is 32.4 Å². The number of likely N-dealkylation sites (tertiary alicyclic amines) is 1. The molecule has 0 amide bonds. The molecule has 0 aromatic heterocycles. The van der Waals surface area contributed by atoms with Crippen molar-refractivity contribution < 1.29 is 0 Å². The van der Waals surface area contributed by atoms with Crippen molar-refractivity contribution in [2.24, 2.45) is 0 Å². The van der Waals surface area contributed by atoms with Gasteiger partial charge < -0.3 is 0 Å². The van der Waals surface area contributed by atoms with Gasteiger partial charge in [-0.15, -0.1) is 0 Å². The van der Waals surface area contributed by atoms with Gasteiger partial charge in [-0.2, -0.15) is 0 Å². The summed E-state index contributed by atoms with van der Waals surface area (Å²) in [6, 6.07) is 0.693. The van der Waals surface area contributed by atoms with Crippen molar-refractivity contribution >= 4 is 10.9 Å². The quantitative estimate of drug-likeness (QED) is 0.734. The first-order valence-electron chi connectivity index (χ1n) is 6.48. The minimum absolute atomic E-state index is 0.0191. The van der Waals surface area contributed by atoms with E-state index in [-0.39, 0.29) is 10.9 Å². The van der Waals surface area contributed by atoms with Gasteiger partial charge >= 0.3 is 0 Å². The van der Waals surface area contributed by atoms with Crippen LogP contribution in [0.4, 0.5) is 0 Å². The Labute approximate surface area is 103 Å². The van der Waals surface area contributed by atoms with Crippen LogP contribution in [-0.4, -0.2) is 29.3 Å². The number of hydrogen-bond donors (Lipinski definition) is 1. The van der Waals surface area contributed by atoms with Crippen molar-refractivity contribution in [3.05, 3.63) is 29.9 Å². The number of allylic oxidation sites excluding steroid dienone is 2. The molecule has 0 aromatic carbocycles. The second kappa shape index (κ2) is 5.92. The SMILES string of the molecule is [CH2]CC(C(C)[SH]1C=CC=C1)N1CCCCC1. The summed E-state index contributed by atoms with van der Waals surface area (Å²) in [7, 11) is -0.0191. The second-order valence-electron chi connectivity index (χ2n) is 4.82. The first-order chi connectivity index (χ1) is 7.83. The zero-order chi connectivity index (χ0) is 11.4. The largest absolute Gasteiger partial charge is 0.299 e. The Bertz CT molecular complexity index is 254. The molecule has 2 aliphatic rings. The fourth-order valence-electron chi connectivity index (χ4n) is 2.80. The number of hydrogen-bond acceptors (Lipinski definition) is 1. The molecule has 2 rings (SSSR count).